The van der Waals surface area contributed by atoms with Crippen molar-refractivity contribution in [1.82, 2.24) is 14.5 Å². The van der Waals surface area contributed by atoms with Crippen LogP contribution in [0.2, 0.25) is 0 Å². The van der Waals surface area contributed by atoms with Gasteiger partial charge in [0.2, 0.25) is 0 Å². The quantitative estimate of drug-likeness (QED) is 0.461. The molecule has 6 nitrogen and oxygen atoms in total. The molecule has 0 atom stereocenters. The lowest BCUT2D eigenvalue weighted by Crippen LogP contribution is -2.24. The fourth-order valence-electron chi connectivity index (χ4n) is 3.57. The minimum Gasteiger partial charge on any atom is -0.507 e. The summed E-state index contributed by atoms with van der Waals surface area (Å²) in [6.07, 6.45) is 0.908. The van der Waals surface area contributed by atoms with E-state index in [0.717, 1.165) is 29.3 Å². The van der Waals surface area contributed by atoms with Gasteiger partial charge in [-0.3, -0.25) is 14.3 Å². The molecule has 0 aliphatic rings. The highest BCUT2D eigenvalue weighted by Crippen LogP contribution is 2.29. The summed E-state index contributed by atoms with van der Waals surface area (Å²) in [4.78, 5) is 22.0. The van der Waals surface area contributed by atoms with Crippen LogP contribution in [0.4, 0.5) is 13.2 Å². The van der Waals surface area contributed by atoms with Crippen molar-refractivity contribution in [2.24, 2.45) is 0 Å². The Bertz CT molecular complexity index is 1420. The maximum atomic E-state index is 13.4. The van der Waals surface area contributed by atoms with Gasteiger partial charge >= 0.3 is 6.36 Å². The first-order chi connectivity index (χ1) is 15.6. The number of aromatic hydroxyl groups is 1. The number of nitrogens with zero attached hydrogens (tertiary/aromatic N) is 3. The van der Waals surface area contributed by atoms with E-state index in [-0.39, 0.29) is 22.7 Å². The maximum Gasteiger partial charge on any atom is 0.573 e. The summed E-state index contributed by atoms with van der Waals surface area (Å²) in [7, 11) is 0. The Morgan fingerprint density at radius 2 is 1.79 bits per heavy atom. The van der Waals surface area contributed by atoms with Crippen LogP contribution in [0.5, 0.6) is 11.5 Å². The van der Waals surface area contributed by atoms with E-state index in [2.05, 4.69) is 14.7 Å². The molecule has 33 heavy (non-hydrogen) atoms. The molecule has 0 fully saturated rings. The van der Waals surface area contributed by atoms with Gasteiger partial charge in [0.15, 0.2) is 0 Å². The van der Waals surface area contributed by atoms with E-state index in [1.165, 1.54) is 29.1 Å². The van der Waals surface area contributed by atoms with E-state index in [4.69, 9.17) is 0 Å². The van der Waals surface area contributed by atoms with E-state index in [1.807, 2.05) is 32.0 Å². The number of phenolic OH excluding ortho intramolecular Hbond substituents is 1. The number of hydrogen-bond acceptors (Lipinski definition) is 5. The topological polar surface area (TPSA) is 77.2 Å². The summed E-state index contributed by atoms with van der Waals surface area (Å²) in [6, 6.07) is 10.3. The second-order valence-corrected chi connectivity index (χ2v) is 7.35. The normalized spacial score (nSPS) is 11.9. The Labute approximate surface area is 186 Å². The predicted molar refractivity (Wildman–Crippen MR) is 118 cm³/mol. The van der Waals surface area contributed by atoms with Gasteiger partial charge in [-0.1, -0.05) is 18.2 Å². The van der Waals surface area contributed by atoms with Crippen molar-refractivity contribution in [3.05, 3.63) is 87.7 Å². The average Bonchev–Trinajstić information content (AvgIpc) is 2.74. The molecule has 0 unspecified atom stereocenters. The van der Waals surface area contributed by atoms with Gasteiger partial charge in [0.05, 0.1) is 22.8 Å². The highest BCUT2D eigenvalue weighted by Gasteiger charge is 2.31. The lowest BCUT2D eigenvalue weighted by molar-refractivity contribution is -0.274. The molecular weight excluding hydrogens is 435 g/mol. The van der Waals surface area contributed by atoms with E-state index in [9.17, 15) is 23.1 Å². The Kier molecular flexibility index (Phi) is 5.63. The molecule has 9 heteroatoms. The van der Waals surface area contributed by atoms with Crippen LogP contribution in [-0.4, -0.2) is 26.0 Å². The van der Waals surface area contributed by atoms with Crippen molar-refractivity contribution in [2.75, 3.05) is 0 Å². The van der Waals surface area contributed by atoms with Gasteiger partial charge in [-0.2, -0.15) is 0 Å². The van der Waals surface area contributed by atoms with Gasteiger partial charge in [0.1, 0.15) is 17.3 Å². The minimum atomic E-state index is -4.87. The van der Waals surface area contributed by atoms with E-state index >= 15 is 0 Å². The second-order valence-electron chi connectivity index (χ2n) is 7.35. The van der Waals surface area contributed by atoms with Crippen LogP contribution in [0.15, 0.2) is 59.7 Å². The largest absolute Gasteiger partial charge is 0.573 e. The number of aryl methyl sites for hydroxylation is 2. The van der Waals surface area contributed by atoms with Crippen molar-refractivity contribution >= 4 is 23.1 Å². The molecule has 168 valence electrons. The summed E-state index contributed by atoms with van der Waals surface area (Å²) >= 11 is 0. The summed E-state index contributed by atoms with van der Waals surface area (Å²) in [5.41, 5.74) is 2.42. The molecule has 2 aromatic heterocycles. The summed E-state index contributed by atoms with van der Waals surface area (Å²) in [6.45, 7) is 3.73. The van der Waals surface area contributed by atoms with Gasteiger partial charge in [0, 0.05) is 11.8 Å². The molecule has 0 radical (unpaired) electrons. The van der Waals surface area contributed by atoms with Crippen LogP contribution in [0.25, 0.3) is 28.7 Å². The number of ether oxygens (including phenoxy) is 1. The smallest absolute Gasteiger partial charge is 0.507 e. The average molecular weight is 453 g/mol. The lowest BCUT2D eigenvalue weighted by atomic mass is 10.1. The third kappa shape index (κ3) is 4.57. The third-order valence-electron chi connectivity index (χ3n) is 5.01. The maximum absolute atomic E-state index is 13.4. The zero-order chi connectivity index (χ0) is 23.8. The Morgan fingerprint density at radius 1 is 1.06 bits per heavy atom. The first kappa shape index (κ1) is 22.1. The van der Waals surface area contributed by atoms with E-state index in [1.54, 1.807) is 6.07 Å². The van der Waals surface area contributed by atoms with Gasteiger partial charge in [-0.25, -0.2) is 4.98 Å². The number of para-hydroxylation sites is 1. The second kappa shape index (κ2) is 8.42. The highest BCUT2D eigenvalue weighted by atomic mass is 19.4. The number of pyridine rings is 1. The first-order valence-corrected chi connectivity index (χ1v) is 9.84. The number of aromatic nitrogens is 3. The monoisotopic (exact) mass is 453 g/mol. The fourth-order valence-corrected chi connectivity index (χ4v) is 3.57. The van der Waals surface area contributed by atoms with Crippen molar-refractivity contribution in [2.45, 2.75) is 20.2 Å². The predicted octanol–water partition coefficient (Wildman–Crippen LogP) is 5.17. The van der Waals surface area contributed by atoms with Crippen LogP contribution in [0.1, 0.15) is 22.5 Å². The minimum absolute atomic E-state index is 0.0605. The van der Waals surface area contributed by atoms with E-state index in [0.29, 0.717) is 16.6 Å². The zero-order valence-corrected chi connectivity index (χ0v) is 17.6. The molecule has 0 aliphatic carbocycles. The number of fused-ring (bicyclic) bond motifs is 1. The fraction of sp³-hybridized carbons (Fsp3) is 0.125. The molecule has 0 saturated heterocycles. The van der Waals surface area contributed by atoms with Crippen molar-refractivity contribution in [3.8, 4) is 17.2 Å². The molecule has 0 saturated carbocycles. The summed E-state index contributed by atoms with van der Waals surface area (Å²) < 4.78 is 43.1. The van der Waals surface area contributed by atoms with Gasteiger partial charge < -0.3 is 9.84 Å². The van der Waals surface area contributed by atoms with Crippen LogP contribution < -0.4 is 10.3 Å². The Hall–Kier alpha value is -4.14. The van der Waals surface area contributed by atoms with Gasteiger partial charge in [-0.15, -0.1) is 13.2 Å². The van der Waals surface area contributed by atoms with E-state index < -0.39 is 12.1 Å². The molecule has 4 aromatic rings. The standard InChI is InChI=1S/C24H18F3N3O3/c1-14-4-3-5-15(2)22(14)30-21(29-19-13-28-11-10-18(19)23(30)32)9-6-16-12-17(7-8-20(16)31)33-24(25,26)27/h3-13,31H,1-2H3/b9-6+. The van der Waals surface area contributed by atoms with Gasteiger partial charge in [0.25, 0.3) is 5.56 Å². The Balaban J connectivity index is 1.91. The Morgan fingerprint density at radius 3 is 2.48 bits per heavy atom. The first-order valence-electron chi connectivity index (χ1n) is 9.84. The van der Waals surface area contributed by atoms with Gasteiger partial charge in [-0.05, 0) is 61.4 Å². The number of halogens is 3. The van der Waals surface area contributed by atoms with Crippen LogP contribution in [0, 0.1) is 13.8 Å². The SMILES string of the molecule is Cc1cccc(C)c1-n1c(/C=C/c2cc(OC(F)(F)F)ccc2O)nc2cnccc2c1=O. The van der Waals surface area contributed by atoms with Crippen LogP contribution in [-0.2, 0) is 0 Å². The number of phenols is 1. The third-order valence-corrected chi connectivity index (χ3v) is 5.01. The zero-order valence-electron chi connectivity index (χ0n) is 17.6. The number of alkyl halides is 3. The molecule has 2 aromatic carbocycles. The molecule has 0 aliphatic heterocycles. The number of benzene rings is 2. The van der Waals surface area contributed by atoms with Crippen LogP contribution >= 0.6 is 0 Å². The molecular formula is C24H18F3N3O3. The number of rotatable bonds is 4. The van der Waals surface area contributed by atoms with Crippen molar-refractivity contribution in [1.29, 1.82) is 0 Å². The van der Waals surface area contributed by atoms with Crippen molar-refractivity contribution < 1.29 is 23.0 Å². The molecule has 1 N–H and O–H groups in total. The molecule has 0 bridgehead atoms. The summed E-state index contributed by atoms with van der Waals surface area (Å²) in [5, 5.41) is 10.5. The molecule has 2 heterocycles. The molecule has 0 amide bonds. The van der Waals surface area contributed by atoms with Crippen LogP contribution in [0.3, 0.4) is 0 Å². The molecule has 4 rings (SSSR count). The molecule has 0 spiro atoms. The lowest BCUT2D eigenvalue weighted by Gasteiger charge is -2.16. The summed E-state index contributed by atoms with van der Waals surface area (Å²) in [5.74, 6) is -0.522. The highest BCUT2D eigenvalue weighted by molar-refractivity contribution is 5.80. The van der Waals surface area contributed by atoms with Crippen molar-refractivity contribution in [3.63, 3.8) is 0 Å². The number of hydrogen-bond donors (Lipinski definition) is 1.